The van der Waals surface area contributed by atoms with Crippen LogP contribution in [0, 0.1) is 6.92 Å². The molecule has 0 spiro atoms. The summed E-state index contributed by atoms with van der Waals surface area (Å²) in [6.07, 6.45) is 3.43. The van der Waals surface area contributed by atoms with Crippen molar-refractivity contribution < 1.29 is 4.79 Å². The molecule has 0 bridgehead atoms. The van der Waals surface area contributed by atoms with Crippen molar-refractivity contribution in [1.29, 1.82) is 0 Å². The first-order valence-corrected chi connectivity index (χ1v) is 11.1. The van der Waals surface area contributed by atoms with Gasteiger partial charge in [-0.2, -0.15) is 0 Å². The summed E-state index contributed by atoms with van der Waals surface area (Å²) in [6.45, 7) is 3.69. The van der Waals surface area contributed by atoms with Gasteiger partial charge in [0.25, 0.3) is 5.91 Å². The minimum absolute atomic E-state index is 0.0208. The SMILES string of the molecule is Cc1cccc(C(=O)N2CCC[C@H](n3c(=O)n(Cc4ccccc4)c4cccnc43)C2)c1. The van der Waals surface area contributed by atoms with Gasteiger partial charge in [0.05, 0.1) is 18.1 Å². The molecule has 1 amide bonds. The highest BCUT2D eigenvalue weighted by atomic mass is 16.2. The molecular weight excluding hydrogens is 400 g/mol. The number of imidazole rings is 1. The van der Waals surface area contributed by atoms with Crippen LogP contribution in [0.25, 0.3) is 11.2 Å². The second-order valence-electron chi connectivity index (χ2n) is 8.49. The average Bonchev–Trinajstić information content (AvgIpc) is 3.10. The Hall–Kier alpha value is -3.67. The number of carbonyl (C=O) groups is 1. The summed E-state index contributed by atoms with van der Waals surface area (Å²) in [4.78, 5) is 33.1. The molecule has 4 aromatic rings. The molecule has 0 aliphatic carbocycles. The molecule has 6 heteroatoms. The maximum Gasteiger partial charge on any atom is 0.330 e. The molecule has 6 nitrogen and oxygen atoms in total. The highest BCUT2D eigenvalue weighted by Gasteiger charge is 2.29. The Balaban J connectivity index is 1.50. The first kappa shape index (κ1) is 20.2. The lowest BCUT2D eigenvalue weighted by Gasteiger charge is -2.33. The number of amides is 1. The number of benzene rings is 2. The number of hydrogen-bond acceptors (Lipinski definition) is 3. The van der Waals surface area contributed by atoms with Crippen LogP contribution in [0.5, 0.6) is 0 Å². The molecule has 0 saturated carbocycles. The number of aromatic nitrogens is 3. The lowest BCUT2D eigenvalue weighted by atomic mass is 10.0. The average molecular weight is 427 g/mol. The lowest BCUT2D eigenvalue weighted by Crippen LogP contribution is -2.43. The Morgan fingerprint density at radius 1 is 1.06 bits per heavy atom. The fourth-order valence-corrected chi connectivity index (χ4v) is 4.67. The van der Waals surface area contributed by atoms with Gasteiger partial charge in [0.2, 0.25) is 0 Å². The maximum absolute atomic E-state index is 13.6. The Morgan fingerprint density at radius 3 is 2.72 bits per heavy atom. The van der Waals surface area contributed by atoms with E-state index in [1.165, 1.54) is 0 Å². The lowest BCUT2D eigenvalue weighted by molar-refractivity contribution is 0.0679. The van der Waals surface area contributed by atoms with Gasteiger partial charge in [-0.05, 0) is 49.6 Å². The molecule has 32 heavy (non-hydrogen) atoms. The summed E-state index contributed by atoms with van der Waals surface area (Å²) < 4.78 is 3.59. The van der Waals surface area contributed by atoms with Crippen molar-refractivity contribution in [3.8, 4) is 0 Å². The van der Waals surface area contributed by atoms with E-state index in [0.717, 1.165) is 29.5 Å². The van der Waals surface area contributed by atoms with Gasteiger partial charge in [0.15, 0.2) is 5.65 Å². The monoisotopic (exact) mass is 426 g/mol. The van der Waals surface area contributed by atoms with E-state index >= 15 is 0 Å². The minimum atomic E-state index is -0.0977. The van der Waals surface area contributed by atoms with Gasteiger partial charge in [0, 0.05) is 24.8 Å². The molecule has 1 fully saturated rings. The molecule has 162 valence electrons. The third-order valence-electron chi connectivity index (χ3n) is 6.22. The highest BCUT2D eigenvalue weighted by Crippen LogP contribution is 2.25. The summed E-state index contributed by atoms with van der Waals surface area (Å²) in [5.41, 5.74) is 4.26. The van der Waals surface area contributed by atoms with Gasteiger partial charge >= 0.3 is 5.69 Å². The van der Waals surface area contributed by atoms with E-state index in [4.69, 9.17) is 0 Å². The molecule has 3 heterocycles. The van der Waals surface area contributed by atoms with E-state index in [1.54, 1.807) is 15.3 Å². The van der Waals surface area contributed by atoms with E-state index in [0.29, 0.717) is 30.8 Å². The fraction of sp³-hybridized carbons (Fsp3) is 0.269. The molecule has 5 rings (SSSR count). The Morgan fingerprint density at radius 2 is 1.91 bits per heavy atom. The number of likely N-dealkylation sites (tertiary alicyclic amines) is 1. The number of carbonyl (C=O) groups excluding carboxylic acids is 1. The third-order valence-corrected chi connectivity index (χ3v) is 6.22. The van der Waals surface area contributed by atoms with Crippen LogP contribution in [0.3, 0.4) is 0 Å². The molecule has 2 aromatic heterocycles. The van der Waals surface area contributed by atoms with Crippen LogP contribution in [-0.2, 0) is 6.54 Å². The van der Waals surface area contributed by atoms with Gasteiger partial charge in [-0.1, -0.05) is 48.0 Å². The molecule has 0 radical (unpaired) electrons. The van der Waals surface area contributed by atoms with Crippen molar-refractivity contribution in [1.82, 2.24) is 19.0 Å². The number of fused-ring (bicyclic) bond motifs is 1. The molecule has 0 unspecified atom stereocenters. The normalized spacial score (nSPS) is 16.4. The molecule has 1 saturated heterocycles. The van der Waals surface area contributed by atoms with Crippen LogP contribution >= 0.6 is 0 Å². The van der Waals surface area contributed by atoms with Gasteiger partial charge in [-0.3, -0.25) is 13.9 Å². The molecule has 1 atom stereocenters. The fourth-order valence-electron chi connectivity index (χ4n) is 4.67. The van der Waals surface area contributed by atoms with Gasteiger partial charge < -0.3 is 4.90 Å². The predicted molar refractivity (Wildman–Crippen MR) is 125 cm³/mol. The maximum atomic E-state index is 13.6. The van der Waals surface area contributed by atoms with E-state index in [9.17, 15) is 9.59 Å². The second-order valence-corrected chi connectivity index (χ2v) is 8.49. The standard InChI is InChI=1S/C26H26N4O2/c1-19-8-5-11-21(16-19)25(31)28-15-7-12-22(18-28)30-24-23(13-6-14-27-24)29(26(30)32)17-20-9-3-2-4-10-20/h2-6,8-11,13-14,16,22H,7,12,15,17-18H2,1H3/t22-/m0/s1. The van der Waals surface area contributed by atoms with Crippen molar-refractivity contribution >= 4 is 17.1 Å². The predicted octanol–water partition coefficient (Wildman–Crippen LogP) is 4.03. The first-order chi connectivity index (χ1) is 15.6. The summed E-state index contributed by atoms with van der Waals surface area (Å²) in [5, 5.41) is 0. The van der Waals surface area contributed by atoms with Gasteiger partial charge in [-0.25, -0.2) is 9.78 Å². The van der Waals surface area contributed by atoms with E-state index in [2.05, 4.69) is 4.98 Å². The summed E-state index contributed by atoms with van der Waals surface area (Å²) in [6, 6.07) is 21.4. The number of nitrogens with zero attached hydrogens (tertiary/aromatic N) is 4. The van der Waals surface area contributed by atoms with Crippen LogP contribution in [0.1, 0.15) is 40.4 Å². The van der Waals surface area contributed by atoms with Gasteiger partial charge in [0.1, 0.15) is 0 Å². The van der Waals surface area contributed by atoms with Crippen molar-refractivity contribution in [2.45, 2.75) is 32.4 Å². The summed E-state index contributed by atoms with van der Waals surface area (Å²) >= 11 is 0. The van der Waals surface area contributed by atoms with E-state index in [1.807, 2.05) is 78.6 Å². The molecule has 1 aliphatic rings. The molecule has 2 aromatic carbocycles. The summed E-state index contributed by atoms with van der Waals surface area (Å²) in [5.74, 6) is 0.0208. The number of piperidine rings is 1. The van der Waals surface area contributed by atoms with Crippen molar-refractivity contribution in [2.24, 2.45) is 0 Å². The van der Waals surface area contributed by atoms with Crippen LogP contribution in [0.15, 0.2) is 77.7 Å². The zero-order valence-corrected chi connectivity index (χ0v) is 18.1. The first-order valence-electron chi connectivity index (χ1n) is 11.1. The Labute approximate surface area is 186 Å². The van der Waals surface area contributed by atoms with Crippen LogP contribution in [0.2, 0.25) is 0 Å². The van der Waals surface area contributed by atoms with Crippen LogP contribution in [-0.4, -0.2) is 38.0 Å². The topological polar surface area (TPSA) is 60.1 Å². The second kappa shape index (κ2) is 8.46. The molecule has 1 aliphatic heterocycles. The van der Waals surface area contributed by atoms with Crippen molar-refractivity contribution in [3.63, 3.8) is 0 Å². The van der Waals surface area contributed by atoms with Crippen molar-refractivity contribution in [2.75, 3.05) is 13.1 Å². The smallest absolute Gasteiger partial charge is 0.330 e. The minimum Gasteiger partial charge on any atom is -0.337 e. The third kappa shape index (κ3) is 3.73. The largest absolute Gasteiger partial charge is 0.337 e. The van der Waals surface area contributed by atoms with Crippen LogP contribution < -0.4 is 5.69 Å². The van der Waals surface area contributed by atoms with Crippen LogP contribution in [0.4, 0.5) is 0 Å². The molecular formula is C26H26N4O2. The number of hydrogen-bond donors (Lipinski definition) is 0. The summed E-state index contributed by atoms with van der Waals surface area (Å²) in [7, 11) is 0. The van der Waals surface area contributed by atoms with Crippen molar-refractivity contribution in [3.05, 3.63) is 100 Å². The Bertz CT molecular complexity index is 1320. The Kier molecular flexibility index (Phi) is 5.35. The van der Waals surface area contributed by atoms with E-state index < -0.39 is 0 Å². The van der Waals surface area contributed by atoms with E-state index in [-0.39, 0.29) is 17.6 Å². The quantitative estimate of drug-likeness (QED) is 0.495. The van der Waals surface area contributed by atoms with Gasteiger partial charge in [-0.15, -0.1) is 0 Å². The molecule has 0 N–H and O–H groups in total. The zero-order valence-electron chi connectivity index (χ0n) is 18.1. The number of pyridine rings is 1. The highest BCUT2D eigenvalue weighted by molar-refractivity contribution is 5.94. The number of aryl methyl sites for hydroxylation is 1. The number of rotatable bonds is 4. The zero-order chi connectivity index (χ0) is 22.1.